The summed E-state index contributed by atoms with van der Waals surface area (Å²) < 4.78 is 0.999. The fourth-order valence-corrected chi connectivity index (χ4v) is 1.84. The van der Waals surface area contributed by atoms with Gasteiger partial charge in [0.1, 0.15) is 0 Å². The van der Waals surface area contributed by atoms with Gasteiger partial charge in [-0.2, -0.15) is 0 Å². The van der Waals surface area contributed by atoms with Crippen molar-refractivity contribution in [2.24, 2.45) is 0 Å². The maximum Gasteiger partial charge on any atom is 0.0648 e. The quantitative estimate of drug-likeness (QED) is 0.616. The highest BCUT2D eigenvalue weighted by molar-refractivity contribution is 9.10. The Morgan fingerprint density at radius 2 is 2.29 bits per heavy atom. The maximum absolute atomic E-state index is 6.03. The summed E-state index contributed by atoms with van der Waals surface area (Å²) in [5.74, 6) is 0. The number of allylic oxidation sites excluding steroid dienone is 1. The average Bonchev–Trinajstić information content (AvgIpc) is 2.15. The Labute approximate surface area is 98.3 Å². The van der Waals surface area contributed by atoms with Gasteiger partial charge in [-0.1, -0.05) is 33.6 Å². The van der Waals surface area contributed by atoms with Crippen LogP contribution in [0.15, 0.2) is 35.3 Å². The third kappa shape index (κ3) is 3.72. The van der Waals surface area contributed by atoms with Crippen molar-refractivity contribution in [3.05, 3.63) is 40.3 Å². The molecule has 0 unspecified atom stereocenters. The van der Waals surface area contributed by atoms with Crippen molar-refractivity contribution in [3.63, 3.8) is 0 Å². The molecule has 0 aliphatic heterocycles. The number of anilines is 1. The van der Waals surface area contributed by atoms with E-state index >= 15 is 0 Å². The Balaban J connectivity index is 2.46. The Hall–Kier alpha value is -0.470. The third-order valence-corrected chi connectivity index (χ3v) is 2.64. The van der Waals surface area contributed by atoms with E-state index in [4.69, 9.17) is 11.6 Å². The number of unbranched alkanes of at least 4 members (excludes halogenated alkanes) is 1. The normalized spacial score (nSPS) is 9.86. The highest BCUT2D eigenvalue weighted by Crippen LogP contribution is 2.25. The predicted molar refractivity (Wildman–Crippen MR) is 67.1 cm³/mol. The Bertz CT molecular complexity index is 312. The first kappa shape index (κ1) is 11.6. The summed E-state index contributed by atoms with van der Waals surface area (Å²) in [7, 11) is 0. The molecule has 1 N–H and O–H groups in total. The lowest BCUT2D eigenvalue weighted by Crippen LogP contribution is -2.01. The molecular weight excluding hydrogens is 261 g/mol. The van der Waals surface area contributed by atoms with Gasteiger partial charge in [0.15, 0.2) is 0 Å². The molecule has 0 atom stereocenters. The van der Waals surface area contributed by atoms with Gasteiger partial charge in [0.25, 0.3) is 0 Å². The molecule has 14 heavy (non-hydrogen) atoms. The van der Waals surface area contributed by atoms with Gasteiger partial charge >= 0.3 is 0 Å². The average molecular weight is 275 g/mol. The Kier molecular flexibility index (Phi) is 5.05. The smallest absolute Gasteiger partial charge is 0.0648 e. The van der Waals surface area contributed by atoms with E-state index in [0.717, 1.165) is 34.6 Å². The predicted octanol–water partition coefficient (Wildman–Crippen LogP) is 4.48. The lowest BCUT2D eigenvalue weighted by Gasteiger charge is -2.07. The van der Waals surface area contributed by atoms with Crippen LogP contribution in [-0.4, -0.2) is 6.54 Å². The summed E-state index contributed by atoms with van der Waals surface area (Å²) in [4.78, 5) is 0. The van der Waals surface area contributed by atoms with Crippen LogP contribution < -0.4 is 5.32 Å². The number of halogens is 2. The van der Waals surface area contributed by atoms with E-state index in [1.54, 1.807) is 0 Å². The zero-order chi connectivity index (χ0) is 10.4. The fourth-order valence-electron chi connectivity index (χ4n) is 1.10. The molecule has 1 nitrogen and oxygen atoms in total. The van der Waals surface area contributed by atoms with Crippen LogP contribution in [0.3, 0.4) is 0 Å². The molecule has 0 fully saturated rings. The molecule has 1 rings (SSSR count). The van der Waals surface area contributed by atoms with Crippen LogP contribution in [0.5, 0.6) is 0 Å². The van der Waals surface area contributed by atoms with Gasteiger partial charge < -0.3 is 5.32 Å². The summed E-state index contributed by atoms with van der Waals surface area (Å²) in [5, 5.41) is 4.02. The van der Waals surface area contributed by atoms with Crippen molar-refractivity contribution in [2.45, 2.75) is 12.8 Å². The topological polar surface area (TPSA) is 12.0 Å². The molecule has 1 aromatic rings. The van der Waals surface area contributed by atoms with Crippen molar-refractivity contribution in [3.8, 4) is 0 Å². The first-order chi connectivity index (χ1) is 6.74. The molecule has 0 spiro atoms. The van der Waals surface area contributed by atoms with E-state index in [1.807, 2.05) is 24.3 Å². The lowest BCUT2D eigenvalue weighted by molar-refractivity contribution is 0.891. The van der Waals surface area contributed by atoms with Crippen molar-refractivity contribution in [2.75, 3.05) is 11.9 Å². The van der Waals surface area contributed by atoms with E-state index in [0.29, 0.717) is 0 Å². The van der Waals surface area contributed by atoms with Gasteiger partial charge in [0.05, 0.1) is 10.7 Å². The third-order valence-electron chi connectivity index (χ3n) is 1.83. The van der Waals surface area contributed by atoms with E-state index < -0.39 is 0 Å². The van der Waals surface area contributed by atoms with E-state index in [2.05, 4.69) is 27.8 Å². The minimum atomic E-state index is 0.748. The van der Waals surface area contributed by atoms with E-state index in [9.17, 15) is 0 Å². The molecule has 0 saturated carbocycles. The molecule has 0 saturated heterocycles. The molecule has 0 amide bonds. The fraction of sp³-hybridized carbons (Fsp3) is 0.273. The van der Waals surface area contributed by atoms with Crippen molar-refractivity contribution < 1.29 is 0 Å². The lowest BCUT2D eigenvalue weighted by atomic mass is 10.3. The second kappa shape index (κ2) is 6.10. The standard InChI is InChI=1S/C11H13BrClN/c1-2-3-4-7-14-11-6-5-9(12)8-10(11)13/h2,5-6,8,14H,1,3-4,7H2. The van der Waals surface area contributed by atoms with Gasteiger partial charge in [0, 0.05) is 11.0 Å². The molecule has 76 valence electrons. The molecule has 0 radical (unpaired) electrons. The number of hydrogen-bond donors (Lipinski definition) is 1. The number of benzene rings is 1. The van der Waals surface area contributed by atoms with Crippen LogP contribution in [-0.2, 0) is 0 Å². The molecule has 0 bridgehead atoms. The zero-order valence-corrected chi connectivity index (χ0v) is 10.2. The number of rotatable bonds is 5. The van der Waals surface area contributed by atoms with Crippen LogP contribution in [0, 0.1) is 0 Å². The molecule has 0 aromatic heterocycles. The molecule has 0 aliphatic carbocycles. The maximum atomic E-state index is 6.03. The SMILES string of the molecule is C=CCCCNc1ccc(Br)cc1Cl. The van der Waals surface area contributed by atoms with E-state index in [-0.39, 0.29) is 0 Å². The molecule has 1 aromatic carbocycles. The van der Waals surface area contributed by atoms with Crippen LogP contribution in [0.2, 0.25) is 5.02 Å². The van der Waals surface area contributed by atoms with Gasteiger partial charge in [-0.05, 0) is 31.0 Å². The second-order valence-electron chi connectivity index (χ2n) is 2.98. The van der Waals surface area contributed by atoms with Gasteiger partial charge in [0.2, 0.25) is 0 Å². The summed E-state index contributed by atoms with van der Waals surface area (Å²) in [6, 6.07) is 5.83. The minimum absolute atomic E-state index is 0.748. The summed E-state index contributed by atoms with van der Waals surface area (Å²) in [5.41, 5.74) is 0.985. The summed E-state index contributed by atoms with van der Waals surface area (Å²) in [6.07, 6.45) is 4.03. The van der Waals surface area contributed by atoms with Crippen molar-refractivity contribution in [1.82, 2.24) is 0 Å². The molecule has 0 aliphatic rings. The number of nitrogens with one attached hydrogen (secondary N) is 1. The largest absolute Gasteiger partial charge is 0.384 e. The zero-order valence-electron chi connectivity index (χ0n) is 7.89. The molecular formula is C11H13BrClN. The van der Waals surface area contributed by atoms with Crippen LogP contribution in [0.25, 0.3) is 0 Å². The van der Waals surface area contributed by atoms with Gasteiger partial charge in [-0.15, -0.1) is 6.58 Å². The summed E-state index contributed by atoms with van der Waals surface area (Å²) >= 11 is 9.39. The van der Waals surface area contributed by atoms with E-state index in [1.165, 1.54) is 0 Å². The second-order valence-corrected chi connectivity index (χ2v) is 4.30. The van der Waals surface area contributed by atoms with Crippen LogP contribution in [0.4, 0.5) is 5.69 Å². The first-order valence-electron chi connectivity index (χ1n) is 4.54. The van der Waals surface area contributed by atoms with Crippen molar-refractivity contribution in [1.29, 1.82) is 0 Å². The Morgan fingerprint density at radius 3 is 2.93 bits per heavy atom. The number of hydrogen-bond acceptors (Lipinski definition) is 1. The highest BCUT2D eigenvalue weighted by atomic mass is 79.9. The van der Waals surface area contributed by atoms with Gasteiger partial charge in [-0.3, -0.25) is 0 Å². The van der Waals surface area contributed by atoms with Gasteiger partial charge in [-0.25, -0.2) is 0 Å². The molecule has 3 heteroatoms. The molecule has 0 heterocycles. The van der Waals surface area contributed by atoms with Crippen LogP contribution in [0.1, 0.15) is 12.8 Å². The Morgan fingerprint density at radius 1 is 1.50 bits per heavy atom. The minimum Gasteiger partial charge on any atom is -0.384 e. The van der Waals surface area contributed by atoms with Crippen LogP contribution >= 0.6 is 27.5 Å². The first-order valence-corrected chi connectivity index (χ1v) is 5.71. The van der Waals surface area contributed by atoms with Crippen molar-refractivity contribution >= 4 is 33.2 Å². The highest BCUT2D eigenvalue weighted by Gasteiger charge is 1.98. The monoisotopic (exact) mass is 273 g/mol. The summed E-state index contributed by atoms with van der Waals surface area (Å²) in [6.45, 7) is 4.60.